The summed E-state index contributed by atoms with van der Waals surface area (Å²) in [6.45, 7) is 0. The van der Waals surface area contributed by atoms with Gasteiger partial charge in [-0.25, -0.2) is 0 Å². The highest BCUT2D eigenvalue weighted by atomic mass is 35.6. The van der Waals surface area contributed by atoms with Gasteiger partial charge in [-0.3, -0.25) is 0 Å². The summed E-state index contributed by atoms with van der Waals surface area (Å²) < 4.78 is -1.10. The van der Waals surface area contributed by atoms with Crippen LogP contribution in [-0.2, 0) is 0 Å². The lowest BCUT2D eigenvalue weighted by atomic mass is 10.1. The third-order valence-corrected chi connectivity index (χ3v) is 2.64. The van der Waals surface area contributed by atoms with E-state index in [1.807, 2.05) is 0 Å². The van der Waals surface area contributed by atoms with E-state index in [2.05, 4.69) is 0 Å². The summed E-state index contributed by atoms with van der Waals surface area (Å²) in [4.78, 5) is -0.242. The first-order valence-electron chi connectivity index (χ1n) is 4.27. The monoisotopic (exact) mass is 284 g/mol. The van der Waals surface area contributed by atoms with E-state index >= 15 is 0 Å². The summed E-state index contributed by atoms with van der Waals surface area (Å²) >= 11 is 27.9. The molecule has 0 N–H and O–H groups in total. The summed E-state index contributed by atoms with van der Waals surface area (Å²) in [6, 6.07) is 0. The van der Waals surface area contributed by atoms with Gasteiger partial charge >= 0.3 is 0 Å². The van der Waals surface area contributed by atoms with Gasteiger partial charge in [0.05, 0.1) is 0 Å². The smallest absolute Gasteiger partial charge is 0.105 e. The van der Waals surface area contributed by atoms with Crippen molar-refractivity contribution in [2.45, 2.75) is 47.2 Å². The van der Waals surface area contributed by atoms with E-state index in [4.69, 9.17) is 58.0 Å². The Morgan fingerprint density at radius 2 is 1.38 bits per heavy atom. The topological polar surface area (TPSA) is 0 Å². The van der Waals surface area contributed by atoms with Crippen LogP contribution < -0.4 is 0 Å². The summed E-state index contributed by atoms with van der Waals surface area (Å²) in [5, 5.41) is 0. The Morgan fingerprint density at radius 1 is 0.846 bits per heavy atom. The van der Waals surface area contributed by atoms with Crippen molar-refractivity contribution in [3.63, 3.8) is 0 Å². The van der Waals surface area contributed by atoms with E-state index in [1.54, 1.807) is 0 Å². The summed E-state index contributed by atoms with van der Waals surface area (Å²) in [7, 11) is 0. The largest absolute Gasteiger partial charge is 0.190 e. The molecule has 0 atom stereocenters. The number of hydrogen-bond donors (Lipinski definition) is 0. The predicted octanol–water partition coefficient (Wildman–Crippen LogP) is 5.50. The van der Waals surface area contributed by atoms with Crippen LogP contribution in [0.15, 0.2) is 0 Å². The molecule has 0 aromatic carbocycles. The van der Waals surface area contributed by atoms with Crippen LogP contribution in [0, 0.1) is 0 Å². The fourth-order valence-corrected chi connectivity index (χ4v) is 1.69. The molecule has 0 heterocycles. The van der Waals surface area contributed by atoms with Crippen molar-refractivity contribution in [1.29, 1.82) is 0 Å². The van der Waals surface area contributed by atoms with Gasteiger partial charge in [-0.15, -0.1) is 23.2 Å². The molecule has 13 heavy (non-hydrogen) atoms. The van der Waals surface area contributed by atoms with Crippen molar-refractivity contribution in [2.24, 2.45) is 0 Å². The zero-order valence-electron chi connectivity index (χ0n) is 7.21. The van der Waals surface area contributed by atoms with Crippen LogP contribution >= 0.6 is 58.0 Å². The first-order chi connectivity index (χ1) is 5.92. The molecule has 80 valence electrons. The van der Waals surface area contributed by atoms with Crippen LogP contribution in [0.2, 0.25) is 0 Å². The first kappa shape index (κ1) is 14.5. The number of rotatable bonds is 6. The molecule has 0 aliphatic rings. The molecule has 0 saturated heterocycles. The molecule has 0 bridgehead atoms. The van der Waals surface area contributed by atoms with Crippen molar-refractivity contribution in [3.05, 3.63) is 0 Å². The Bertz CT molecular complexity index is 118. The van der Waals surface area contributed by atoms with E-state index in [1.165, 1.54) is 0 Å². The minimum atomic E-state index is -1.10. The maximum Gasteiger partial charge on any atom is 0.190 e. The average molecular weight is 286 g/mol. The Labute approximate surface area is 105 Å². The van der Waals surface area contributed by atoms with Gasteiger partial charge in [0.2, 0.25) is 0 Å². The zero-order chi connectivity index (χ0) is 10.3. The quantitative estimate of drug-likeness (QED) is 0.446. The molecule has 0 spiro atoms. The Morgan fingerprint density at radius 3 is 1.85 bits per heavy atom. The van der Waals surface area contributed by atoms with Crippen molar-refractivity contribution in [1.82, 2.24) is 0 Å². The lowest BCUT2D eigenvalue weighted by Gasteiger charge is -2.09. The standard InChI is InChI=1S/C8H13Cl5/c9-7(10)5-3-1-2-4-6-8(11,12)13/h7H,1-6H2. The van der Waals surface area contributed by atoms with Gasteiger partial charge in [0.1, 0.15) is 4.84 Å². The van der Waals surface area contributed by atoms with Crippen molar-refractivity contribution >= 4 is 58.0 Å². The predicted molar refractivity (Wildman–Crippen MR) is 63.5 cm³/mol. The van der Waals surface area contributed by atoms with Gasteiger partial charge in [0, 0.05) is 0 Å². The summed E-state index contributed by atoms with van der Waals surface area (Å²) in [5.74, 6) is 0. The molecule has 0 radical (unpaired) electrons. The van der Waals surface area contributed by atoms with Crippen LogP contribution in [0.5, 0.6) is 0 Å². The summed E-state index contributed by atoms with van der Waals surface area (Å²) in [6.07, 6.45) is 5.59. The normalized spacial score (nSPS) is 12.5. The second-order valence-electron chi connectivity index (χ2n) is 2.96. The molecule has 0 aliphatic carbocycles. The van der Waals surface area contributed by atoms with Gasteiger partial charge in [-0.2, -0.15) is 0 Å². The highest BCUT2D eigenvalue weighted by molar-refractivity contribution is 6.67. The fourth-order valence-electron chi connectivity index (χ4n) is 0.978. The van der Waals surface area contributed by atoms with Crippen LogP contribution in [0.4, 0.5) is 0 Å². The molecule has 0 aromatic rings. The third kappa shape index (κ3) is 13.4. The minimum absolute atomic E-state index is 0.242. The molecule has 0 unspecified atom stereocenters. The minimum Gasteiger partial charge on any atom is -0.105 e. The highest BCUT2D eigenvalue weighted by Crippen LogP contribution is 2.32. The van der Waals surface area contributed by atoms with Crippen LogP contribution in [-0.4, -0.2) is 8.63 Å². The number of alkyl halides is 5. The second kappa shape index (κ2) is 7.70. The van der Waals surface area contributed by atoms with E-state index < -0.39 is 3.79 Å². The number of unbranched alkanes of at least 4 members (excludes halogenated alkanes) is 3. The SMILES string of the molecule is ClC(Cl)CCCCCCC(Cl)(Cl)Cl. The van der Waals surface area contributed by atoms with E-state index in [0.717, 1.165) is 32.1 Å². The number of halogens is 5. The van der Waals surface area contributed by atoms with Crippen molar-refractivity contribution in [2.75, 3.05) is 0 Å². The molecular weight excluding hydrogens is 273 g/mol. The van der Waals surface area contributed by atoms with Crippen LogP contribution in [0.1, 0.15) is 38.5 Å². The van der Waals surface area contributed by atoms with Crippen LogP contribution in [0.3, 0.4) is 0 Å². The lowest BCUT2D eigenvalue weighted by Crippen LogP contribution is -2.00. The molecule has 0 rings (SSSR count). The van der Waals surface area contributed by atoms with E-state index in [0.29, 0.717) is 6.42 Å². The molecule has 0 nitrogen and oxygen atoms in total. The van der Waals surface area contributed by atoms with Gasteiger partial charge in [-0.1, -0.05) is 54.1 Å². The maximum absolute atomic E-state index is 5.59. The molecule has 0 aromatic heterocycles. The molecule has 0 amide bonds. The third-order valence-electron chi connectivity index (χ3n) is 1.63. The van der Waals surface area contributed by atoms with Gasteiger partial charge in [-0.05, 0) is 19.3 Å². The molecule has 0 aliphatic heterocycles. The van der Waals surface area contributed by atoms with Gasteiger partial charge in [0.25, 0.3) is 0 Å². The average Bonchev–Trinajstić information content (AvgIpc) is 1.93. The van der Waals surface area contributed by atoms with Crippen molar-refractivity contribution < 1.29 is 0 Å². The van der Waals surface area contributed by atoms with E-state index in [-0.39, 0.29) is 4.84 Å². The maximum atomic E-state index is 5.59. The van der Waals surface area contributed by atoms with Gasteiger partial charge < -0.3 is 0 Å². The molecule has 0 fully saturated rings. The van der Waals surface area contributed by atoms with Crippen LogP contribution in [0.25, 0.3) is 0 Å². The number of hydrogen-bond acceptors (Lipinski definition) is 0. The molecule has 0 saturated carbocycles. The zero-order valence-corrected chi connectivity index (χ0v) is 11.0. The van der Waals surface area contributed by atoms with Crippen molar-refractivity contribution in [3.8, 4) is 0 Å². The Kier molecular flexibility index (Phi) is 8.56. The lowest BCUT2D eigenvalue weighted by molar-refractivity contribution is 0.608. The molecule has 5 heteroatoms. The Hall–Kier alpha value is 1.45. The summed E-state index contributed by atoms with van der Waals surface area (Å²) in [5.41, 5.74) is 0. The first-order valence-corrected chi connectivity index (χ1v) is 6.27. The highest BCUT2D eigenvalue weighted by Gasteiger charge is 2.17. The Balaban J connectivity index is 3.09. The van der Waals surface area contributed by atoms with E-state index in [9.17, 15) is 0 Å². The molecular formula is C8H13Cl5. The fraction of sp³-hybridized carbons (Fsp3) is 1.00. The second-order valence-corrected chi connectivity index (χ2v) is 6.75. The van der Waals surface area contributed by atoms with Gasteiger partial charge in [0.15, 0.2) is 3.79 Å².